The fourth-order valence-corrected chi connectivity index (χ4v) is 3.39. The molecule has 0 aliphatic carbocycles. The van der Waals surface area contributed by atoms with Gasteiger partial charge in [-0.25, -0.2) is 14.2 Å². The lowest BCUT2D eigenvalue weighted by Gasteiger charge is -2.30. The van der Waals surface area contributed by atoms with E-state index in [1.165, 1.54) is 29.9 Å². The number of amides is 3. The van der Waals surface area contributed by atoms with Crippen molar-refractivity contribution in [1.82, 2.24) is 25.2 Å². The normalized spacial score (nSPS) is 12.5. The van der Waals surface area contributed by atoms with Gasteiger partial charge in [0.25, 0.3) is 5.91 Å². The molecule has 1 aromatic carbocycles. The minimum Gasteiger partial charge on any atom is -0.366 e. The number of urea groups is 1. The quantitative estimate of drug-likeness (QED) is 0.467. The van der Waals surface area contributed by atoms with Gasteiger partial charge in [-0.05, 0) is 24.5 Å². The number of carbonyl (C=O) groups is 2. The van der Waals surface area contributed by atoms with Crippen molar-refractivity contribution in [3.05, 3.63) is 46.0 Å². The van der Waals surface area contributed by atoms with Crippen LogP contribution in [0.15, 0.2) is 24.4 Å². The van der Waals surface area contributed by atoms with Gasteiger partial charge in [0.05, 0.1) is 16.8 Å². The first-order valence-corrected chi connectivity index (χ1v) is 10.5. The third-order valence-electron chi connectivity index (χ3n) is 5.17. The zero-order valence-electron chi connectivity index (χ0n) is 18.2. The molecule has 8 nitrogen and oxygen atoms in total. The number of halogens is 3. The van der Waals surface area contributed by atoms with Crippen LogP contribution in [0.1, 0.15) is 38.1 Å². The van der Waals surface area contributed by atoms with Crippen molar-refractivity contribution < 1.29 is 14.0 Å². The van der Waals surface area contributed by atoms with Gasteiger partial charge in [0, 0.05) is 18.7 Å². The van der Waals surface area contributed by atoms with E-state index in [4.69, 9.17) is 23.2 Å². The van der Waals surface area contributed by atoms with Crippen LogP contribution in [0.5, 0.6) is 0 Å². The third kappa shape index (κ3) is 4.49. The molecule has 3 rings (SSSR count). The number of hydrogen-bond acceptors (Lipinski definition) is 5. The van der Waals surface area contributed by atoms with Crippen molar-refractivity contribution in [1.29, 1.82) is 0 Å². The first-order chi connectivity index (χ1) is 15.0. The predicted octanol–water partition coefficient (Wildman–Crippen LogP) is 4.76. The van der Waals surface area contributed by atoms with E-state index < -0.39 is 17.8 Å². The lowest BCUT2D eigenvalue weighted by Crippen LogP contribution is -2.37. The molecular weight excluding hydrogens is 458 g/mol. The molecule has 0 saturated carbocycles. The molecule has 3 amide bonds. The molecule has 0 radical (unpaired) electrons. The number of anilines is 1. The molecule has 0 spiro atoms. The van der Waals surface area contributed by atoms with Crippen LogP contribution in [0.25, 0.3) is 16.8 Å². The molecule has 0 bridgehead atoms. The van der Waals surface area contributed by atoms with E-state index in [-0.39, 0.29) is 44.0 Å². The van der Waals surface area contributed by atoms with Crippen LogP contribution in [0.2, 0.25) is 10.2 Å². The topological polar surface area (TPSA) is 100 Å². The van der Waals surface area contributed by atoms with Crippen LogP contribution in [-0.4, -0.2) is 39.6 Å². The standard InChI is InChI=1S/C21H23Cl2FN6O2/c1-10(21(2,3)4)27-18-15(14-12(22)7-6-8-13(14)24)16(23)28-17-11(9-26-30(17)18)19(31)29-20(32)25-5/h6-10,27H,1-5H3,(H2,25,29,31,32). The monoisotopic (exact) mass is 480 g/mol. The summed E-state index contributed by atoms with van der Waals surface area (Å²) in [6, 6.07) is 3.49. The maximum Gasteiger partial charge on any atom is 0.321 e. The summed E-state index contributed by atoms with van der Waals surface area (Å²) < 4.78 is 16.2. The second-order valence-electron chi connectivity index (χ2n) is 8.28. The van der Waals surface area contributed by atoms with E-state index in [0.717, 1.165) is 0 Å². The van der Waals surface area contributed by atoms with Crippen molar-refractivity contribution >= 4 is 46.6 Å². The summed E-state index contributed by atoms with van der Waals surface area (Å²) in [5.41, 5.74) is 0.193. The van der Waals surface area contributed by atoms with Crippen molar-refractivity contribution in [2.45, 2.75) is 33.7 Å². The Morgan fingerprint density at radius 2 is 1.88 bits per heavy atom. The minimum absolute atomic E-state index is 0.0214. The molecule has 2 heterocycles. The Morgan fingerprint density at radius 1 is 1.19 bits per heavy atom. The zero-order valence-corrected chi connectivity index (χ0v) is 19.7. The fraction of sp³-hybridized carbons (Fsp3) is 0.333. The number of rotatable bonds is 4. The molecule has 32 heavy (non-hydrogen) atoms. The molecule has 2 aromatic heterocycles. The number of fused-ring (bicyclic) bond motifs is 1. The summed E-state index contributed by atoms with van der Waals surface area (Å²) >= 11 is 12.8. The predicted molar refractivity (Wildman–Crippen MR) is 123 cm³/mol. The molecule has 1 atom stereocenters. The lowest BCUT2D eigenvalue weighted by molar-refractivity contribution is 0.0966. The summed E-state index contributed by atoms with van der Waals surface area (Å²) in [4.78, 5) is 28.4. The second-order valence-corrected chi connectivity index (χ2v) is 9.05. The number of benzene rings is 1. The van der Waals surface area contributed by atoms with Gasteiger partial charge in [0.1, 0.15) is 22.4 Å². The largest absolute Gasteiger partial charge is 0.366 e. The molecule has 0 saturated heterocycles. The van der Waals surface area contributed by atoms with Gasteiger partial charge < -0.3 is 10.6 Å². The average molecular weight is 481 g/mol. The maximum atomic E-state index is 14.8. The van der Waals surface area contributed by atoms with Gasteiger partial charge in [-0.3, -0.25) is 10.1 Å². The lowest BCUT2D eigenvalue weighted by atomic mass is 9.88. The summed E-state index contributed by atoms with van der Waals surface area (Å²) in [5, 5.41) is 12.1. The van der Waals surface area contributed by atoms with Gasteiger partial charge in [0.15, 0.2) is 5.65 Å². The van der Waals surface area contributed by atoms with Crippen LogP contribution in [0, 0.1) is 11.2 Å². The first-order valence-electron chi connectivity index (χ1n) is 9.77. The highest BCUT2D eigenvalue weighted by molar-refractivity contribution is 6.36. The molecule has 0 fully saturated rings. The second kappa shape index (κ2) is 8.91. The summed E-state index contributed by atoms with van der Waals surface area (Å²) in [6.07, 6.45) is 1.26. The molecule has 0 aliphatic heterocycles. The van der Waals surface area contributed by atoms with Crippen LogP contribution >= 0.6 is 23.2 Å². The molecule has 170 valence electrons. The Bertz CT molecular complexity index is 1180. The Balaban J connectivity index is 2.30. The van der Waals surface area contributed by atoms with Crippen LogP contribution in [0.3, 0.4) is 0 Å². The van der Waals surface area contributed by atoms with E-state index in [1.54, 1.807) is 6.07 Å². The maximum absolute atomic E-state index is 14.8. The molecule has 11 heteroatoms. The van der Waals surface area contributed by atoms with Crippen LogP contribution < -0.4 is 16.0 Å². The number of nitrogens with one attached hydrogen (secondary N) is 3. The number of nitrogens with zero attached hydrogens (tertiary/aromatic N) is 3. The van der Waals surface area contributed by atoms with Crippen molar-refractivity contribution in [3.8, 4) is 11.1 Å². The minimum atomic E-state index is -0.714. The van der Waals surface area contributed by atoms with E-state index in [2.05, 4.69) is 26.0 Å². The van der Waals surface area contributed by atoms with Gasteiger partial charge in [0.2, 0.25) is 0 Å². The number of imide groups is 1. The van der Waals surface area contributed by atoms with Gasteiger partial charge in [-0.1, -0.05) is 50.0 Å². The molecular formula is C21H23Cl2FN6O2. The van der Waals surface area contributed by atoms with E-state index in [9.17, 15) is 14.0 Å². The highest BCUT2D eigenvalue weighted by Gasteiger charge is 2.28. The number of carbonyl (C=O) groups excluding carboxylic acids is 2. The van der Waals surface area contributed by atoms with E-state index in [1.807, 2.05) is 27.7 Å². The molecule has 3 aromatic rings. The third-order valence-corrected chi connectivity index (χ3v) is 5.76. The number of aromatic nitrogens is 3. The van der Waals surface area contributed by atoms with Crippen molar-refractivity contribution in [2.24, 2.45) is 5.41 Å². The Labute approximate surface area is 194 Å². The van der Waals surface area contributed by atoms with Gasteiger partial charge in [-0.2, -0.15) is 9.61 Å². The average Bonchev–Trinajstić information content (AvgIpc) is 3.12. The van der Waals surface area contributed by atoms with Crippen molar-refractivity contribution in [3.63, 3.8) is 0 Å². The van der Waals surface area contributed by atoms with E-state index in [0.29, 0.717) is 5.82 Å². The highest BCUT2D eigenvalue weighted by atomic mass is 35.5. The van der Waals surface area contributed by atoms with Gasteiger partial charge >= 0.3 is 6.03 Å². The molecule has 1 unspecified atom stereocenters. The smallest absolute Gasteiger partial charge is 0.321 e. The fourth-order valence-electron chi connectivity index (χ4n) is 2.87. The van der Waals surface area contributed by atoms with Crippen LogP contribution in [0.4, 0.5) is 15.0 Å². The first kappa shape index (κ1) is 23.7. The van der Waals surface area contributed by atoms with E-state index >= 15 is 0 Å². The highest BCUT2D eigenvalue weighted by Crippen LogP contribution is 2.41. The number of hydrogen-bond donors (Lipinski definition) is 3. The van der Waals surface area contributed by atoms with Gasteiger partial charge in [-0.15, -0.1) is 0 Å². The summed E-state index contributed by atoms with van der Waals surface area (Å²) in [5.74, 6) is -0.987. The Morgan fingerprint density at radius 3 is 2.47 bits per heavy atom. The Hall–Kier alpha value is -2.91. The van der Waals surface area contributed by atoms with Crippen LogP contribution in [-0.2, 0) is 0 Å². The molecule has 3 N–H and O–H groups in total. The summed E-state index contributed by atoms with van der Waals surface area (Å²) in [7, 11) is 1.38. The molecule has 0 aliphatic rings. The Kier molecular flexibility index (Phi) is 6.61. The zero-order chi connectivity index (χ0) is 23.8. The summed E-state index contributed by atoms with van der Waals surface area (Å²) in [6.45, 7) is 8.05. The SMILES string of the molecule is CNC(=O)NC(=O)c1cnn2c(NC(C)C(C)(C)C)c(-c3c(F)cccc3Cl)c(Cl)nc12. The van der Waals surface area contributed by atoms with Crippen molar-refractivity contribution in [2.75, 3.05) is 12.4 Å².